The summed E-state index contributed by atoms with van der Waals surface area (Å²) in [5, 5.41) is 0. The molecule has 3 aliphatic rings. The van der Waals surface area contributed by atoms with Gasteiger partial charge in [-0.1, -0.05) is 13.3 Å². The smallest absolute Gasteiger partial charge is 0.161 e. The second-order valence-electron chi connectivity index (χ2n) is 10.8. The average Bonchev–Trinajstić information content (AvgIpc) is 2.91. The molecule has 5 nitrogen and oxygen atoms in total. The minimum absolute atomic E-state index is 0.472. The lowest BCUT2D eigenvalue weighted by Gasteiger charge is -2.48. The van der Waals surface area contributed by atoms with Gasteiger partial charge in [-0.2, -0.15) is 0 Å². The molecule has 1 fully saturated rings. The quantitative estimate of drug-likeness (QED) is 0.416. The Morgan fingerprint density at radius 3 is 2.19 bits per heavy atom. The van der Waals surface area contributed by atoms with Gasteiger partial charge in [-0.3, -0.25) is 4.90 Å². The molecule has 2 aromatic rings. The van der Waals surface area contributed by atoms with Crippen molar-refractivity contribution in [3.05, 3.63) is 46.5 Å². The minimum Gasteiger partial charge on any atom is -0.493 e. The summed E-state index contributed by atoms with van der Waals surface area (Å²) in [7, 11) is 5.23. The molecule has 36 heavy (non-hydrogen) atoms. The molecule has 0 amide bonds. The maximum absolute atomic E-state index is 5.89. The number of rotatable bonds is 8. The lowest BCUT2D eigenvalue weighted by molar-refractivity contribution is 0.0445. The molecule has 0 saturated carbocycles. The third-order valence-corrected chi connectivity index (χ3v) is 9.05. The van der Waals surface area contributed by atoms with E-state index in [9.17, 15) is 0 Å². The molecule has 0 bridgehead atoms. The first-order valence-corrected chi connectivity index (χ1v) is 13.9. The van der Waals surface area contributed by atoms with Gasteiger partial charge in [0.15, 0.2) is 23.0 Å². The first-order valence-electron chi connectivity index (χ1n) is 13.9. The first-order chi connectivity index (χ1) is 17.6. The molecule has 196 valence electrons. The maximum Gasteiger partial charge on any atom is 0.161 e. The normalized spacial score (nSPS) is 25.4. The zero-order valence-electron chi connectivity index (χ0n) is 22.8. The van der Waals surface area contributed by atoms with E-state index < -0.39 is 0 Å². The summed E-state index contributed by atoms with van der Waals surface area (Å²) in [6.45, 7) is 7.42. The molecule has 5 rings (SSSR count). The summed E-state index contributed by atoms with van der Waals surface area (Å²) in [5.74, 6) is 5.53. The average molecular weight is 494 g/mol. The second-order valence-corrected chi connectivity index (χ2v) is 10.8. The number of nitrogens with zero attached hydrogens (tertiary/aromatic N) is 1. The van der Waals surface area contributed by atoms with E-state index in [1.54, 1.807) is 21.3 Å². The van der Waals surface area contributed by atoms with Crippen LogP contribution in [-0.2, 0) is 12.8 Å². The molecule has 2 aliphatic heterocycles. The first kappa shape index (κ1) is 25.3. The summed E-state index contributed by atoms with van der Waals surface area (Å²) in [5.41, 5.74) is 5.83. The number of piperidine rings is 1. The summed E-state index contributed by atoms with van der Waals surface area (Å²) in [4.78, 5) is 2.74. The van der Waals surface area contributed by atoms with E-state index in [0.29, 0.717) is 24.5 Å². The highest BCUT2D eigenvalue weighted by atomic mass is 16.5. The lowest BCUT2D eigenvalue weighted by atomic mass is 9.69. The summed E-state index contributed by atoms with van der Waals surface area (Å²) < 4.78 is 22.9. The molecule has 0 N–H and O–H groups in total. The summed E-state index contributed by atoms with van der Waals surface area (Å²) in [6.07, 6.45) is 8.49. The van der Waals surface area contributed by atoms with Gasteiger partial charge in [0, 0.05) is 19.1 Å². The van der Waals surface area contributed by atoms with E-state index in [-0.39, 0.29) is 0 Å². The van der Waals surface area contributed by atoms with Gasteiger partial charge in [0.2, 0.25) is 0 Å². The fourth-order valence-electron chi connectivity index (χ4n) is 7.20. The Labute approximate surface area is 217 Å². The van der Waals surface area contributed by atoms with Crippen LogP contribution in [0.1, 0.15) is 80.2 Å². The van der Waals surface area contributed by atoms with E-state index in [1.165, 1.54) is 60.9 Å². The van der Waals surface area contributed by atoms with Crippen molar-refractivity contribution in [2.24, 2.45) is 11.8 Å². The van der Waals surface area contributed by atoms with Crippen molar-refractivity contribution in [2.75, 3.05) is 41.0 Å². The SMILES string of the molecule is CCOc1cc2c(cc1OC)[C@@H](C[C@H]1C[C@H]3c4cc(OC)c(OC)cc4CCN3C[C@@H]1CC)CCC2. The number of ether oxygens (including phenoxy) is 4. The topological polar surface area (TPSA) is 40.2 Å². The molecule has 1 aliphatic carbocycles. The van der Waals surface area contributed by atoms with Gasteiger partial charge in [0.25, 0.3) is 0 Å². The molecule has 4 atom stereocenters. The number of hydrogen-bond acceptors (Lipinski definition) is 5. The van der Waals surface area contributed by atoms with Crippen LogP contribution in [0.2, 0.25) is 0 Å². The number of hydrogen-bond donors (Lipinski definition) is 0. The van der Waals surface area contributed by atoms with Gasteiger partial charge in [0.1, 0.15) is 0 Å². The number of aryl methyl sites for hydroxylation is 1. The molecule has 0 unspecified atom stereocenters. The van der Waals surface area contributed by atoms with Crippen molar-refractivity contribution < 1.29 is 18.9 Å². The van der Waals surface area contributed by atoms with Gasteiger partial charge in [-0.25, -0.2) is 0 Å². The lowest BCUT2D eigenvalue weighted by Crippen LogP contribution is -2.46. The monoisotopic (exact) mass is 493 g/mol. The zero-order chi connectivity index (χ0) is 25.2. The van der Waals surface area contributed by atoms with E-state index in [1.807, 2.05) is 6.92 Å². The van der Waals surface area contributed by atoms with Crippen molar-refractivity contribution in [1.29, 1.82) is 0 Å². The maximum atomic E-state index is 5.89. The van der Waals surface area contributed by atoms with Crippen molar-refractivity contribution in [3.63, 3.8) is 0 Å². The van der Waals surface area contributed by atoms with Crippen LogP contribution in [0.5, 0.6) is 23.0 Å². The van der Waals surface area contributed by atoms with Crippen molar-refractivity contribution in [3.8, 4) is 23.0 Å². The van der Waals surface area contributed by atoms with Crippen LogP contribution in [0, 0.1) is 11.8 Å². The Kier molecular flexibility index (Phi) is 7.66. The van der Waals surface area contributed by atoms with Crippen LogP contribution < -0.4 is 18.9 Å². The van der Waals surface area contributed by atoms with E-state index in [2.05, 4.69) is 36.1 Å². The Hall–Kier alpha value is -2.40. The van der Waals surface area contributed by atoms with Crippen LogP contribution in [0.25, 0.3) is 0 Å². The molecule has 1 saturated heterocycles. The number of methoxy groups -OCH3 is 3. The molecule has 5 heteroatoms. The van der Waals surface area contributed by atoms with Gasteiger partial charge < -0.3 is 18.9 Å². The Morgan fingerprint density at radius 2 is 1.47 bits per heavy atom. The van der Waals surface area contributed by atoms with E-state index >= 15 is 0 Å². The molecular formula is C31H43NO4. The third-order valence-electron chi connectivity index (χ3n) is 9.05. The Bertz CT molecular complexity index is 1070. The molecule has 0 aromatic heterocycles. The highest BCUT2D eigenvalue weighted by Gasteiger charge is 2.40. The highest BCUT2D eigenvalue weighted by Crippen LogP contribution is 2.49. The van der Waals surface area contributed by atoms with Crippen LogP contribution in [0.3, 0.4) is 0 Å². The number of benzene rings is 2. The van der Waals surface area contributed by atoms with Crippen LogP contribution >= 0.6 is 0 Å². The highest BCUT2D eigenvalue weighted by molar-refractivity contribution is 5.51. The van der Waals surface area contributed by atoms with Gasteiger partial charge >= 0.3 is 0 Å². The van der Waals surface area contributed by atoms with Crippen LogP contribution in [0.15, 0.2) is 24.3 Å². The molecule has 2 aromatic carbocycles. The predicted molar refractivity (Wildman–Crippen MR) is 144 cm³/mol. The van der Waals surface area contributed by atoms with Gasteiger partial charge in [-0.15, -0.1) is 0 Å². The third kappa shape index (κ3) is 4.67. The fourth-order valence-corrected chi connectivity index (χ4v) is 7.20. The Morgan fingerprint density at radius 1 is 0.806 bits per heavy atom. The van der Waals surface area contributed by atoms with Crippen molar-refractivity contribution >= 4 is 0 Å². The minimum atomic E-state index is 0.472. The largest absolute Gasteiger partial charge is 0.493 e. The summed E-state index contributed by atoms with van der Waals surface area (Å²) in [6, 6.07) is 9.48. The van der Waals surface area contributed by atoms with Crippen LogP contribution in [0.4, 0.5) is 0 Å². The van der Waals surface area contributed by atoms with E-state index in [4.69, 9.17) is 18.9 Å². The predicted octanol–water partition coefficient (Wildman–Crippen LogP) is 6.57. The zero-order valence-corrected chi connectivity index (χ0v) is 22.8. The molecule has 2 heterocycles. The van der Waals surface area contributed by atoms with Crippen LogP contribution in [-0.4, -0.2) is 45.9 Å². The molecule has 0 radical (unpaired) electrons. The summed E-state index contributed by atoms with van der Waals surface area (Å²) >= 11 is 0. The second kappa shape index (κ2) is 10.9. The van der Waals surface area contributed by atoms with Gasteiger partial charge in [-0.05, 0) is 110 Å². The van der Waals surface area contributed by atoms with Crippen molar-refractivity contribution in [2.45, 2.75) is 70.8 Å². The van der Waals surface area contributed by atoms with E-state index in [0.717, 1.165) is 48.3 Å². The molecular weight excluding hydrogens is 450 g/mol. The standard InChI is InChI=1S/C31H43NO4/c1-6-20-19-32-12-11-23-15-28(33-3)29(34-4)18-26(23)27(32)14-24(20)13-21-9-8-10-22-16-31(36-7-2)30(35-5)17-25(21)22/h15-18,20-21,24,27H,6-14,19H2,1-5H3/t20-,21+,24-,27-/m0/s1. The fraction of sp³-hybridized carbons (Fsp3) is 0.613. The number of fused-ring (bicyclic) bond motifs is 4. The van der Waals surface area contributed by atoms with Crippen molar-refractivity contribution in [1.82, 2.24) is 4.90 Å². The Balaban J connectivity index is 1.42. The molecule has 0 spiro atoms. The van der Waals surface area contributed by atoms with Gasteiger partial charge in [0.05, 0.1) is 27.9 Å².